The van der Waals surface area contributed by atoms with Crippen LogP contribution in [-0.4, -0.2) is 12.0 Å². The molecule has 3 rings (SSSR count). The van der Waals surface area contributed by atoms with E-state index in [9.17, 15) is 4.79 Å². The second-order valence-corrected chi connectivity index (χ2v) is 6.79. The van der Waals surface area contributed by atoms with Crippen LogP contribution in [0.3, 0.4) is 0 Å². The molecule has 1 amide bonds. The van der Waals surface area contributed by atoms with Gasteiger partial charge < -0.3 is 10.1 Å². The highest BCUT2D eigenvalue weighted by molar-refractivity contribution is 6.05. The minimum absolute atomic E-state index is 0.0923. The van der Waals surface area contributed by atoms with Gasteiger partial charge in [0.2, 0.25) is 0 Å². The van der Waals surface area contributed by atoms with Crippen molar-refractivity contribution in [2.75, 3.05) is 5.32 Å². The lowest BCUT2D eigenvalue weighted by Gasteiger charge is -2.13. The monoisotopic (exact) mass is 359 g/mol. The Hall–Kier alpha value is -3.07. The van der Waals surface area contributed by atoms with Crippen molar-refractivity contribution in [2.24, 2.45) is 0 Å². The third-order valence-electron chi connectivity index (χ3n) is 4.25. The lowest BCUT2D eigenvalue weighted by Crippen LogP contribution is -2.15. The van der Waals surface area contributed by atoms with Crippen molar-refractivity contribution < 1.29 is 9.53 Å². The zero-order chi connectivity index (χ0) is 19.1. The van der Waals surface area contributed by atoms with Crippen LogP contribution in [0.5, 0.6) is 5.75 Å². The Morgan fingerprint density at radius 2 is 1.63 bits per heavy atom. The SMILES string of the molecule is CC(C)Oc1cccc(NC(=O)c2ccccc2CCc2ccccc2)c1. The number of rotatable bonds is 7. The fourth-order valence-corrected chi connectivity index (χ4v) is 3.00. The van der Waals surface area contributed by atoms with Crippen LogP contribution in [0.2, 0.25) is 0 Å². The molecule has 27 heavy (non-hydrogen) atoms. The number of anilines is 1. The highest BCUT2D eigenvalue weighted by Crippen LogP contribution is 2.20. The van der Waals surface area contributed by atoms with Crippen molar-refractivity contribution in [3.63, 3.8) is 0 Å². The number of aryl methyl sites for hydroxylation is 2. The predicted molar refractivity (Wildman–Crippen MR) is 110 cm³/mol. The molecule has 0 radical (unpaired) electrons. The summed E-state index contributed by atoms with van der Waals surface area (Å²) in [5.74, 6) is 0.653. The van der Waals surface area contributed by atoms with Gasteiger partial charge in [-0.1, -0.05) is 54.6 Å². The van der Waals surface area contributed by atoms with E-state index in [2.05, 4.69) is 17.4 Å². The number of ether oxygens (including phenoxy) is 1. The normalized spacial score (nSPS) is 10.6. The molecule has 0 spiro atoms. The van der Waals surface area contributed by atoms with Gasteiger partial charge in [0.05, 0.1) is 6.10 Å². The fourth-order valence-electron chi connectivity index (χ4n) is 3.00. The Morgan fingerprint density at radius 3 is 2.41 bits per heavy atom. The molecule has 0 aliphatic carbocycles. The summed E-state index contributed by atoms with van der Waals surface area (Å²) in [5.41, 5.74) is 3.76. The maximum absolute atomic E-state index is 12.8. The van der Waals surface area contributed by atoms with Gasteiger partial charge in [0, 0.05) is 17.3 Å². The second-order valence-electron chi connectivity index (χ2n) is 6.79. The molecule has 0 aromatic heterocycles. The van der Waals surface area contributed by atoms with E-state index in [0.717, 1.165) is 29.8 Å². The predicted octanol–water partition coefficient (Wildman–Crippen LogP) is 5.51. The van der Waals surface area contributed by atoms with Crippen LogP contribution in [0.4, 0.5) is 5.69 Å². The number of carbonyl (C=O) groups excluding carboxylic acids is 1. The maximum Gasteiger partial charge on any atom is 0.255 e. The van der Waals surface area contributed by atoms with Crippen molar-refractivity contribution >= 4 is 11.6 Å². The Bertz CT molecular complexity index is 888. The van der Waals surface area contributed by atoms with Crippen LogP contribution in [0.15, 0.2) is 78.9 Å². The van der Waals surface area contributed by atoms with E-state index in [4.69, 9.17) is 4.74 Å². The molecule has 0 aliphatic heterocycles. The van der Waals surface area contributed by atoms with Crippen LogP contribution in [0, 0.1) is 0 Å². The molecule has 3 aromatic rings. The molecule has 3 aromatic carbocycles. The molecule has 0 saturated carbocycles. The van der Waals surface area contributed by atoms with Gasteiger partial charge in [0.1, 0.15) is 5.75 Å². The van der Waals surface area contributed by atoms with Gasteiger partial charge >= 0.3 is 0 Å². The summed E-state index contributed by atoms with van der Waals surface area (Å²) in [6.45, 7) is 3.96. The molecule has 0 aliphatic rings. The van der Waals surface area contributed by atoms with Gasteiger partial charge in [-0.25, -0.2) is 0 Å². The molecular formula is C24H25NO2. The molecule has 138 valence electrons. The van der Waals surface area contributed by atoms with Crippen molar-refractivity contribution in [2.45, 2.75) is 32.8 Å². The van der Waals surface area contributed by atoms with Gasteiger partial charge in [-0.05, 0) is 56.0 Å². The first-order valence-corrected chi connectivity index (χ1v) is 9.32. The van der Waals surface area contributed by atoms with Crippen LogP contribution in [0.1, 0.15) is 35.3 Å². The first kappa shape index (κ1) is 18.7. The zero-order valence-electron chi connectivity index (χ0n) is 15.8. The van der Waals surface area contributed by atoms with Gasteiger partial charge in [0.25, 0.3) is 5.91 Å². The Morgan fingerprint density at radius 1 is 0.889 bits per heavy atom. The van der Waals surface area contributed by atoms with Gasteiger partial charge in [-0.3, -0.25) is 4.79 Å². The Kier molecular flexibility index (Phi) is 6.26. The number of benzene rings is 3. The van der Waals surface area contributed by atoms with Crippen molar-refractivity contribution in [3.8, 4) is 5.75 Å². The lowest BCUT2D eigenvalue weighted by atomic mass is 9.99. The average Bonchev–Trinajstić information content (AvgIpc) is 2.67. The zero-order valence-corrected chi connectivity index (χ0v) is 15.8. The van der Waals surface area contributed by atoms with Gasteiger partial charge in [-0.15, -0.1) is 0 Å². The Labute approximate surface area is 161 Å². The minimum atomic E-state index is -0.0969. The van der Waals surface area contributed by atoms with E-state index in [0.29, 0.717) is 5.56 Å². The summed E-state index contributed by atoms with van der Waals surface area (Å²) in [6, 6.07) is 25.6. The number of amides is 1. The molecule has 0 saturated heterocycles. The molecular weight excluding hydrogens is 334 g/mol. The van der Waals surface area contributed by atoms with Crippen molar-refractivity contribution in [1.29, 1.82) is 0 Å². The highest BCUT2D eigenvalue weighted by atomic mass is 16.5. The summed E-state index contributed by atoms with van der Waals surface area (Å²) in [7, 11) is 0. The summed E-state index contributed by atoms with van der Waals surface area (Å²) >= 11 is 0. The standard InChI is InChI=1S/C24H25NO2/c1-18(2)27-22-13-8-12-21(17-22)25-24(26)23-14-7-6-11-20(23)16-15-19-9-4-3-5-10-19/h3-14,17-18H,15-16H2,1-2H3,(H,25,26). The van der Waals surface area contributed by atoms with Crippen LogP contribution in [0.25, 0.3) is 0 Å². The Balaban J connectivity index is 1.71. The molecule has 3 heteroatoms. The van der Waals surface area contributed by atoms with E-state index in [-0.39, 0.29) is 12.0 Å². The molecule has 0 heterocycles. The quantitative estimate of drug-likeness (QED) is 0.604. The number of carbonyl (C=O) groups is 1. The molecule has 0 bridgehead atoms. The van der Waals surface area contributed by atoms with Crippen LogP contribution >= 0.6 is 0 Å². The van der Waals surface area contributed by atoms with E-state index in [1.807, 2.05) is 80.6 Å². The third kappa shape index (κ3) is 5.45. The van der Waals surface area contributed by atoms with Gasteiger partial charge in [0.15, 0.2) is 0 Å². The summed E-state index contributed by atoms with van der Waals surface area (Å²) in [6.07, 6.45) is 1.82. The molecule has 0 atom stereocenters. The summed E-state index contributed by atoms with van der Waals surface area (Å²) in [4.78, 5) is 12.8. The van der Waals surface area contributed by atoms with E-state index < -0.39 is 0 Å². The van der Waals surface area contributed by atoms with Crippen LogP contribution in [-0.2, 0) is 12.8 Å². The molecule has 0 unspecified atom stereocenters. The molecule has 0 fully saturated rings. The number of hydrogen-bond acceptors (Lipinski definition) is 2. The molecule has 1 N–H and O–H groups in total. The van der Waals surface area contributed by atoms with Crippen LogP contribution < -0.4 is 10.1 Å². The largest absolute Gasteiger partial charge is 0.491 e. The first-order chi connectivity index (χ1) is 13.1. The lowest BCUT2D eigenvalue weighted by molar-refractivity contribution is 0.102. The maximum atomic E-state index is 12.8. The first-order valence-electron chi connectivity index (χ1n) is 9.32. The number of nitrogens with one attached hydrogen (secondary N) is 1. The highest BCUT2D eigenvalue weighted by Gasteiger charge is 2.12. The third-order valence-corrected chi connectivity index (χ3v) is 4.25. The van der Waals surface area contributed by atoms with Crippen molar-refractivity contribution in [1.82, 2.24) is 0 Å². The van der Waals surface area contributed by atoms with E-state index in [1.54, 1.807) is 0 Å². The smallest absolute Gasteiger partial charge is 0.255 e. The minimum Gasteiger partial charge on any atom is -0.491 e. The number of hydrogen-bond donors (Lipinski definition) is 1. The molecule has 3 nitrogen and oxygen atoms in total. The topological polar surface area (TPSA) is 38.3 Å². The van der Waals surface area contributed by atoms with E-state index in [1.165, 1.54) is 5.56 Å². The van der Waals surface area contributed by atoms with Crippen molar-refractivity contribution in [3.05, 3.63) is 95.6 Å². The average molecular weight is 359 g/mol. The summed E-state index contributed by atoms with van der Waals surface area (Å²) < 4.78 is 5.70. The fraction of sp³-hybridized carbons (Fsp3) is 0.208. The van der Waals surface area contributed by atoms with Gasteiger partial charge in [-0.2, -0.15) is 0 Å². The summed E-state index contributed by atoms with van der Waals surface area (Å²) in [5, 5.41) is 2.99. The second kappa shape index (κ2) is 9.04. The van der Waals surface area contributed by atoms with E-state index >= 15 is 0 Å².